The topological polar surface area (TPSA) is 88.0 Å². The van der Waals surface area contributed by atoms with Gasteiger partial charge in [0.05, 0.1) is 6.42 Å². The van der Waals surface area contributed by atoms with Crippen molar-refractivity contribution in [2.45, 2.75) is 6.42 Å². The molecule has 2 amide bonds. The zero-order valence-electron chi connectivity index (χ0n) is 9.94. The SMILES string of the molecule is NC(=O)Cc1ccc(NC(=O)c2cc(Br)c[nH]2)cc1. The molecule has 2 rings (SSSR count). The van der Waals surface area contributed by atoms with Gasteiger partial charge in [-0.05, 0) is 39.7 Å². The van der Waals surface area contributed by atoms with Crippen molar-refractivity contribution in [1.29, 1.82) is 0 Å². The van der Waals surface area contributed by atoms with E-state index in [1.165, 1.54) is 0 Å². The molecule has 0 radical (unpaired) electrons. The lowest BCUT2D eigenvalue weighted by atomic mass is 10.1. The van der Waals surface area contributed by atoms with Gasteiger partial charge >= 0.3 is 0 Å². The van der Waals surface area contributed by atoms with E-state index < -0.39 is 0 Å². The van der Waals surface area contributed by atoms with Crippen molar-refractivity contribution in [2.75, 3.05) is 5.32 Å². The van der Waals surface area contributed by atoms with E-state index in [1.807, 2.05) is 0 Å². The van der Waals surface area contributed by atoms with Crippen molar-refractivity contribution in [3.63, 3.8) is 0 Å². The minimum Gasteiger partial charge on any atom is -0.369 e. The first-order valence-electron chi connectivity index (χ1n) is 5.57. The van der Waals surface area contributed by atoms with Gasteiger partial charge in [0.15, 0.2) is 0 Å². The smallest absolute Gasteiger partial charge is 0.272 e. The Labute approximate surface area is 118 Å². The van der Waals surface area contributed by atoms with Gasteiger partial charge in [-0.2, -0.15) is 0 Å². The van der Waals surface area contributed by atoms with Gasteiger partial charge in [0, 0.05) is 16.4 Å². The number of anilines is 1. The Morgan fingerprint density at radius 2 is 1.95 bits per heavy atom. The minimum atomic E-state index is -0.381. The number of hydrogen-bond donors (Lipinski definition) is 3. The molecule has 98 valence electrons. The van der Waals surface area contributed by atoms with E-state index in [0.717, 1.165) is 10.0 Å². The van der Waals surface area contributed by atoms with Gasteiger partial charge in [-0.25, -0.2) is 0 Å². The fraction of sp³-hybridized carbons (Fsp3) is 0.0769. The van der Waals surface area contributed by atoms with Crippen molar-refractivity contribution in [2.24, 2.45) is 5.73 Å². The van der Waals surface area contributed by atoms with Crippen molar-refractivity contribution in [1.82, 2.24) is 4.98 Å². The zero-order valence-corrected chi connectivity index (χ0v) is 11.5. The molecule has 1 aromatic carbocycles. The molecule has 0 saturated carbocycles. The fourth-order valence-corrected chi connectivity index (χ4v) is 1.95. The number of rotatable bonds is 4. The second kappa shape index (κ2) is 5.71. The van der Waals surface area contributed by atoms with Crippen LogP contribution in [0.2, 0.25) is 0 Å². The highest BCUT2D eigenvalue weighted by molar-refractivity contribution is 9.10. The highest BCUT2D eigenvalue weighted by Crippen LogP contribution is 2.14. The summed E-state index contributed by atoms with van der Waals surface area (Å²) in [5.41, 5.74) is 7.04. The Morgan fingerprint density at radius 1 is 1.26 bits per heavy atom. The van der Waals surface area contributed by atoms with Crippen LogP contribution in [-0.2, 0) is 11.2 Å². The molecule has 0 fully saturated rings. The van der Waals surface area contributed by atoms with Crippen LogP contribution in [0.1, 0.15) is 16.1 Å². The molecule has 6 heteroatoms. The van der Waals surface area contributed by atoms with E-state index in [-0.39, 0.29) is 18.2 Å². The number of carbonyl (C=O) groups excluding carboxylic acids is 2. The number of aromatic nitrogens is 1. The lowest BCUT2D eigenvalue weighted by Gasteiger charge is -2.04. The van der Waals surface area contributed by atoms with Crippen LogP contribution in [0.15, 0.2) is 41.0 Å². The summed E-state index contributed by atoms with van der Waals surface area (Å²) in [6.07, 6.45) is 1.88. The van der Waals surface area contributed by atoms with E-state index in [4.69, 9.17) is 5.73 Å². The second-order valence-corrected chi connectivity index (χ2v) is 4.94. The molecule has 0 bridgehead atoms. The molecule has 2 aromatic rings. The summed E-state index contributed by atoms with van der Waals surface area (Å²) in [6.45, 7) is 0. The van der Waals surface area contributed by atoms with Gasteiger partial charge in [-0.1, -0.05) is 12.1 Å². The molecule has 1 heterocycles. The summed E-state index contributed by atoms with van der Waals surface area (Å²) in [4.78, 5) is 25.5. The molecule has 0 unspecified atom stereocenters. The Hall–Kier alpha value is -2.08. The van der Waals surface area contributed by atoms with E-state index in [0.29, 0.717) is 11.4 Å². The van der Waals surface area contributed by atoms with Crippen LogP contribution in [0.25, 0.3) is 0 Å². The number of hydrogen-bond acceptors (Lipinski definition) is 2. The predicted octanol–water partition coefficient (Wildman–Crippen LogP) is 2.06. The van der Waals surface area contributed by atoms with Crippen LogP contribution in [0, 0.1) is 0 Å². The third-order valence-electron chi connectivity index (χ3n) is 2.48. The molecule has 0 spiro atoms. The van der Waals surface area contributed by atoms with Gasteiger partial charge < -0.3 is 16.0 Å². The average Bonchev–Trinajstić information content (AvgIpc) is 2.78. The molecular weight excluding hydrogens is 310 g/mol. The molecule has 0 aliphatic carbocycles. The van der Waals surface area contributed by atoms with Gasteiger partial charge in [0.25, 0.3) is 5.91 Å². The number of nitrogens with one attached hydrogen (secondary N) is 2. The number of halogens is 1. The molecule has 4 N–H and O–H groups in total. The first-order valence-corrected chi connectivity index (χ1v) is 6.36. The maximum atomic E-state index is 11.9. The fourth-order valence-electron chi connectivity index (χ4n) is 1.60. The monoisotopic (exact) mass is 321 g/mol. The Morgan fingerprint density at radius 3 is 2.47 bits per heavy atom. The number of amides is 2. The molecular formula is C13H12BrN3O2. The lowest BCUT2D eigenvalue weighted by molar-refractivity contribution is -0.117. The maximum Gasteiger partial charge on any atom is 0.272 e. The second-order valence-electron chi connectivity index (χ2n) is 4.03. The summed E-state index contributed by atoms with van der Waals surface area (Å²) in [5.74, 6) is -0.610. The third kappa shape index (κ3) is 3.69. The van der Waals surface area contributed by atoms with Crippen LogP contribution in [-0.4, -0.2) is 16.8 Å². The largest absolute Gasteiger partial charge is 0.369 e. The summed E-state index contributed by atoms with van der Waals surface area (Å²) in [7, 11) is 0. The highest BCUT2D eigenvalue weighted by atomic mass is 79.9. The molecule has 0 atom stereocenters. The number of aromatic amines is 1. The Bertz CT molecular complexity index is 605. The Balaban J connectivity index is 2.03. The van der Waals surface area contributed by atoms with Crippen molar-refractivity contribution in [3.8, 4) is 0 Å². The molecule has 0 saturated heterocycles. The van der Waals surface area contributed by atoms with Crippen LogP contribution >= 0.6 is 15.9 Å². The first-order chi connectivity index (χ1) is 9.04. The van der Waals surface area contributed by atoms with Crippen molar-refractivity contribution in [3.05, 3.63) is 52.3 Å². The van der Waals surface area contributed by atoms with Gasteiger partial charge in [0.1, 0.15) is 5.69 Å². The summed E-state index contributed by atoms with van der Waals surface area (Å²) in [5, 5.41) is 2.74. The van der Waals surface area contributed by atoms with Crippen LogP contribution in [0.5, 0.6) is 0 Å². The van der Waals surface area contributed by atoms with Crippen LogP contribution < -0.4 is 11.1 Å². The number of primary amides is 1. The number of benzene rings is 1. The molecule has 5 nitrogen and oxygen atoms in total. The van der Waals surface area contributed by atoms with E-state index in [9.17, 15) is 9.59 Å². The molecule has 0 aliphatic rings. The molecule has 1 aromatic heterocycles. The average molecular weight is 322 g/mol. The van der Waals surface area contributed by atoms with Crippen LogP contribution in [0.3, 0.4) is 0 Å². The summed E-state index contributed by atoms with van der Waals surface area (Å²) in [6, 6.07) is 8.66. The van der Waals surface area contributed by atoms with E-state index in [1.54, 1.807) is 36.5 Å². The lowest BCUT2D eigenvalue weighted by Crippen LogP contribution is -2.14. The number of nitrogens with two attached hydrogens (primary N) is 1. The highest BCUT2D eigenvalue weighted by Gasteiger charge is 2.08. The standard InChI is InChI=1S/C13H12BrN3O2/c14-9-6-11(16-7-9)13(19)17-10-3-1-8(2-4-10)5-12(15)18/h1-4,6-7,16H,5H2,(H2,15,18)(H,17,19). The van der Waals surface area contributed by atoms with Crippen molar-refractivity contribution >= 4 is 33.4 Å². The zero-order chi connectivity index (χ0) is 13.8. The number of H-pyrrole nitrogens is 1. The van der Waals surface area contributed by atoms with Gasteiger partial charge in [0.2, 0.25) is 5.91 Å². The Kier molecular flexibility index (Phi) is 4.01. The van der Waals surface area contributed by atoms with E-state index in [2.05, 4.69) is 26.2 Å². The summed E-state index contributed by atoms with van der Waals surface area (Å²) >= 11 is 3.26. The maximum absolute atomic E-state index is 11.9. The quantitative estimate of drug-likeness (QED) is 0.804. The normalized spacial score (nSPS) is 10.2. The van der Waals surface area contributed by atoms with Crippen LogP contribution in [0.4, 0.5) is 5.69 Å². The van der Waals surface area contributed by atoms with Gasteiger partial charge in [-0.3, -0.25) is 9.59 Å². The summed E-state index contributed by atoms with van der Waals surface area (Å²) < 4.78 is 0.814. The number of carbonyl (C=O) groups is 2. The van der Waals surface area contributed by atoms with Gasteiger partial charge in [-0.15, -0.1) is 0 Å². The molecule has 0 aliphatic heterocycles. The third-order valence-corrected chi connectivity index (χ3v) is 2.94. The van der Waals surface area contributed by atoms with E-state index >= 15 is 0 Å². The first kappa shape index (κ1) is 13.4. The predicted molar refractivity (Wildman–Crippen MR) is 75.8 cm³/mol. The van der Waals surface area contributed by atoms with Crippen molar-refractivity contribution < 1.29 is 9.59 Å². The molecule has 19 heavy (non-hydrogen) atoms. The minimum absolute atomic E-state index is 0.192.